The predicted octanol–water partition coefficient (Wildman–Crippen LogP) is 2.56. The number of rotatable bonds is 0. The van der Waals surface area contributed by atoms with E-state index in [9.17, 15) is 0 Å². The van der Waals surface area contributed by atoms with Gasteiger partial charge < -0.3 is 0 Å². The quantitative estimate of drug-likeness (QED) is 0.648. The van der Waals surface area contributed by atoms with Crippen molar-refractivity contribution in [1.29, 1.82) is 0 Å². The molecule has 0 aliphatic carbocycles. The summed E-state index contributed by atoms with van der Waals surface area (Å²) in [6.07, 6.45) is 0. The van der Waals surface area contributed by atoms with Crippen LogP contribution < -0.4 is 0 Å². The fourth-order valence-electron chi connectivity index (χ4n) is 1.26. The Morgan fingerprint density at radius 1 is 1.00 bits per heavy atom. The molecular weight excluding hydrogens is 239 g/mol. The van der Waals surface area contributed by atoms with Gasteiger partial charge in [0.05, 0.1) is 0 Å². The zero-order valence-electron chi connectivity index (χ0n) is 6.64. The monoisotopic (exact) mass is 250 g/mol. The molecule has 1 aliphatic rings. The van der Waals surface area contributed by atoms with Gasteiger partial charge in [-0.2, -0.15) is 0 Å². The van der Waals surface area contributed by atoms with Crippen molar-refractivity contribution >= 4 is 38.0 Å². The van der Waals surface area contributed by atoms with E-state index in [1.807, 2.05) is 0 Å². The first-order chi connectivity index (χ1) is 5.29. The summed E-state index contributed by atoms with van der Waals surface area (Å²) in [6.45, 7) is 4.59. The third-order valence-electron chi connectivity index (χ3n) is 1.73. The Bertz CT molecular complexity index is 251. The summed E-state index contributed by atoms with van der Waals surface area (Å²) < 4.78 is 3.31. The van der Waals surface area contributed by atoms with Gasteiger partial charge in [0.1, 0.15) is 0 Å². The third kappa shape index (κ3) is 1.44. The molecule has 0 bridgehead atoms. The van der Waals surface area contributed by atoms with Crippen LogP contribution in [0.4, 0.5) is 0 Å². The average Bonchev–Trinajstić information content (AvgIpc) is 2.30. The predicted molar refractivity (Wildman–Crippen MR) is 54.3 cm³/mol. The Balaban J connectivity index is 2.52. The number of hydrogen-bond acceptors (Lipinski definition) is 2. The minimum absolute atomic E-state index is 0.689. The average molecular weight is 249 g/mol. The van der Waals surface area contributed by atoms with Crippen molar-refractivity contribution in [3.8, 4) is 0 Å². The van der Waals surface area contributed by atoms with Gasteiger partial charge in [0.15, 0.2) is 0 Å². The number of aryl methyl sites for hydroxylation is 2. The van der Waals surface area contributed by atoms with Gasteiger partial charge in [-0.05, 0) is 0 Å². The van der Waals surface area contributed by atoms with Gasteiger partial charge in [0.25, 0.3) is 0 Å². The molecule has 0 N–H and O–H groups in total. The molecule has 2 rings (SSSR count). The zero-order chi connectivity index (χ0) is 7.84. The fourth-order valence-corrected chi connectivity index (χ4v) is 6.91. The van der Waals surface area contributed by atoms with E-state index in [2.05, 4.69) is 37.4 Å². The second kappa shape index (κ2) is 3.21. The molecule has 0 saturated heterocycles. The fraction of sp³-hybridized carbons (Fsp3) is 0.500. The van der Waals surface area contributed by atoms with Crippen LogP contribution in [-0.4, -0.2) is 26.0 Å². The Morgan fingerprint density at radius 3 is 1.91 bits per heavy atom. The van der Waals surface area contributed by atoms with Crippen LogP contribution in [0, 0.1) is 13.8 Å². The Morgan fingerprint density at radius 2 is 1.45 bits per heavy atom. The first-order valence-corrected chi connectivity index (χ1v) is 7.33. The van der Waals surface area contributed by atoms with Crippen LogP contribution in [0.1, 0.15) is 8.87 Å². The minimum atomic E-state index is 0.689. The van der Waals surface area contributed by atoms with E-state index in [1.54, 1.807) is 18.7 Å². The van der Waals surface area contributed by atoms with Gasteiger partial charge in [-0.15, -0.1) is 0 Å². The van der Waals surface area contributed by atoms with E-state index in [0.717, 1.165) is 0 Å². The van der Waals surface area contributed by atoms with Crippen LogP contribution in [0.2, 0.25) is 0 Å². The van der Waals surface area contributed by atoms with E-state index in [4.69, 9.17) is 0 Å². The molecule has 0 atom stereocenters. The molecule has 11 heavy (non-hydrogen) atoms. The molecular formula is C8H10S2Se. The Labute approximate surface area is 81.9 Å². The van der Waals surface area contributed by atoms with Crippen LogP contribution in [-0.2, 0) is 0 Å². The van der Waals surface area contributed by atoms with Crippen molar-refractivity contribution in [1.82, 2.24) is 0 Å². The number of thioether (sulfide) groups is 2. The van der Waals surface area contributed by atoms with Gasteiger partial charge in [-0.3, -0.25) is 0 Å². The summed E-state index contributed by atoms with van der Waals surface area (Å²) in [7, 11) is 0. The molecule has 0 aromatic carbocycles. The van der Waals surface area contributed by atoms with Crippen LogP contribution in [0.15, 0.2) is 9.79 Å². The standard InChI is InChI=1S/C8H10S2Se/c1-5-7-8(6(2)11-5)10-4-3-9-7/h3-4H2,1-2H3. The van der Waals surface area contributed by atoms with E-state index >= 15 is 0 Å². The maximum absolute atomic E-state index is 2.30. The summed E-state index contributed by atoms with van der Waals surface area (Å²) in [6, 6.07) is 0. The van der Waals surface area contributed by atoms with Gasteiger partial charge in [0, 0.05) is 0 Å². The number of hydrogen-bond donors (Lipinski definition) is 0. The van der Waals surface area contributed by atoms with Crippen LogP contribution in [0.3, 0.4) is 0 Å². The first kappa shape index (κ1) is 8.30. The van der Waals surface area contributed by atoms with Gasteiger partial charge in [0.2, 0.25) is 0 Å². The zero-order valence-corrected chi connectivity index (χ0v) is 9.99. The normalized spacial score (nSPS) is 16.5. The summed E-state index contributed by atoms with van der Waals surface area (Å²) in [5.74, 6) is 2.62. The van der Waals surface area contributed by atoms with Crippen molar-refractivity contribution in [2.45, 2.75) is 23.6 Å². The molecule has 0 fully saturated rings. The second-order valence-electron chi connectivity index (χ2n) is 2.57. The molecule has 1 aromatic heterocycles. The van der Waals surface area contributed by atoms with Crippen molar-refractivity contribution < 1.29 is 0 Å². The van der Waals surface area contributed by atoms with E-state index in [1.165, 1.54) is 11.5 Å². The topological polar surface area (TPSA) is 0 Å². The van der Waals surface area contributed by atoms with Gasteiger partial charge in [-0.1, -0.05) is 0 Å². The molecule has 1 aromatic rings. The van der Waals surface area contributed by atoms with Crippen molar-refractivity contribution in [2.24, 2.45) is 0 Å². The molecule has 0 nitrogen and oxygen atoms in total. The van der Waals surface area contributed by atoms with Crippen molar-refractivity contribution in [3.63, 3.8) is 0 Å². The van der Waals surface area contributed by atoms with E-state index < -0.39 is 0 Å². The van der Waals surface area contributed by atoms with Gasteiger partial charge >= 0.3 is 82.0 Å². The van der Waals surface area contributed by atoms with Crippen molar-refractivity contribution in [2.75, 3.05) is 11.5 Å². The molecule has 1 aliphatic heterocycles. The summed E-state index contributed by atoms with van der Waals surface area (Å²) >= 11 is 4.81. The van der Waals surface area contributed by atoms with Crippen molar-refractivity contribution in [3.05, 3.63) is 8.87 Å². The number of fused-ring (bicyclic) bond motifs is 1. The molecule has 0 radical (unpaired) electrons. The molecule has 2 heterocycles. The van der Waals surface area contributed by atoms with Crippen LogP contribution in [0.25, 0.3) is 0 Å². The Hall–Kier alpha value is 0.699. The third-order valence-corrected chi connectivity index (χ3v) is 7.25. The second-order valence-corrected chi connectivity index (χ2v) is 7.78. The molecule has 3 heteroatoms. The van der Waals surface area contributed by atoms with Gasteiger partial charge in [-0.25, -0.2) is 0 Å². The van der Waals surface area contributed by atoms with E-state index in [0.29, 0.717) is 14.5 Å². The molecule has 0 spiro atoms. The van der Waals surface area contributed by atoms with Crippen LogP contribution >= 0.6 is 23.5 Å². The molecule has 0 amide bonds. The maximum atomic E-state index is 2.30. The Kier molecular flexibility index (Phi) is 2.43. The molecule has 0 saturated carbocycles. The summed E-state index contributed by atoms with van der Waals surface area (Å²) in [5, 5.41) is 0. The van der Waals surface area contributed by atoms with Crippen LogP contribution in [0.5, 0.6) is 0 Å². The summed E-state index contributed by atoms with van der Waals surface area (Å²) in [4.78, 5) is 3.25. The molecule has 60 valence electrons. The molecule has 0 unspecified atom stereocenters. The summed E-state index contributed by atoms with van der Waals surface area (Å²) in [5.41, 5.74) is 0. The first-order valence-electron chi connectivity index (χ1n) is 3.64. The van der Waals surface area contributed by atoms with E-state index in [-0.39, 0.29) is 0 Å². The SMILES string of the molecule is Cc1[se]c(C)c2c1SCCS2.